The Hall–Kier alpha value is -1.76. The summed E-state index contributed by atoms with van der Waals surface area (Å²) in [7, 11) is 0. The highest BCUT2D eigenvalue weighted by Crippen LogP contribution is 2.20. The molecule has 1 aromatic heterocycles. The standard InChI is InChI=1S/C19H25N3O2S/c1-12-5-13(2)7-16(6-12)18(23)21-19-20-17(11-25-19)10-22-8-14(3)24-15(4)9-22/h5-7,11,14-15H,8-10H2,1-4H3,(H,20,21,23)/t14-,15+. The second-order valence-electron chi connectivity index (χ2n) is 6.93. The molecule has 3 rings (SSSR count). The van der Waals surface area contributed by atoms with Crippen molar-refractivity contribution in [2.45, 2.75) is 46.4 Å². The van der Waals surface area contributed by atoms with Gasteiger partial charge in [0.1, 0.15) is 0 Å². The molecular formula is C19H25N3O2S. The molecule has 0 bridgehead atoms. The molecule has 0 spiro atoms. The van der Waals surface area contributed by atoms with Gasteiger partial charge in [0.05, 0.1) is 17.9 Å². The Balaban J connectivity index is 1.62. The van der Waals surface area contributed by atoms with Crippen molar-refractivity contribution < 1.29 is 9.53 Å². The number of anilines is 1. The van der Waals surface area contributed by atoms with E-state index >= 15 is 0 Å². The van der Waals surface area contributed by atoms with Gasteiger partial charge in [-0.25, -0.2) is 4.98 Å². The largest absolute Gasteiger partial charge is 0.373 e. The summed E-state index contributed by atoms with van der Waals surface area (Å²) in [6.45, 7) is 10.8. The molecule has 134 valence electrons. The zero-order valence-corrected chi connectivity index (χ0v) is 16.0. The first-order valence-electron chi connectivity index (χ1n) is 8.61. The van der Waals surface area contributed by atoms with Crippen molar-refractivity contribution in [1.29, 1.82) is 0 Å². The first-order valence-corrected chi connectivity index (χ1v) is 9.49. The average Bonchev–Trinajstić information content (AvgIpc) is 2.92. The topological polar surface area (TPSA) is 54.5 Å². The number of ether oxygens (including phenoxy) is 1. The van der Waals surface area contributed by atoms with Crippen LogP contribution in [0.4, 0.5) is 5.13 Å². The predicted molar refractivity (Wildman–Crippen MR) is 101 cm³/mol. The molecule has 2 aromatic rings. The van der Waals surface area contributed by atoms with E-state index in [2.05, 4.69) is 35.1 Å². The fraction of sp³-hybridized carbons (Fsp3) is 0.474. The highest BCUT2D eigenvalue weighted by atomic mass is 32.1. The van der Waals surface area contributed by atoms with Crippen LogP contribution in [-0.4, -0.2) is 41.1 Å². The van der Waals surface area contributed by atoms with Crippen LogP contribution < -0.4 is 5.32 Å². The normalized spacial score (nSPS) is 21.3. The molecule has 1 N–H and O–H groups in total. The number of amides is 1. The van der Waals surface area contributed by atoms with E-state index in [4.69, 9.17) is 4.74 Å². The lowest BCUT2D eigenvalue weighted by Crippen LogP contribution is -2.44. The van der Waals surface area contributed by atoms with Gasteiger partial charge in [0.25, 0.3) is 5.91 Å². The number of carbonyl (C=O) groups excluding carboxylic acids is 1. The minimum Gasteiger partial charge on any atom is -0.373 e. The molecule has 5 nitrogen and oxygen atoms in total. The molecule has 1 aliphatic heterocycles. The number of thiazole rings is 1. The molecule has 2 heterocycles. The van der Waals surface area contributed by atoms with Gasteiger partial charge in [-0.05, 0) is 39.8 Å². The van der Waals surface area contributed by atoms with E-state index in [1.165, 1.54) is 11.3 Å². The Morgan fingerprint density at radius 3 is 2.52 bits per heavy atom. The van der Waals surface area contributed by atoms with Gasteiger partial charge >= 0.3 is 0 Å². The summed E-state index contributed by atoms with van der Waals surface area (Å²) in [6, 6.07) is 5.85. The summed E-state index contributed by atoms with van der Waals surface area (Å²) in [5.74, 6) is -0.110. The molecule has 1 amide bonds. The van der Waals surface area contributed by atoms with Gasteiger partial charge in [0, 0.05) is 30.6 Å². The lowest BCUT2D eigenvalue weighted by molar-refractivity contribution is -0.0707. The quantitative estimate of drug-likeness (QED) is 0.906. The van der Waals surface area contributed by atoms with E-state index < -0.39 is 0 Å². The number of morpholine rings is 1. The van der Waals surface area contributed by atoms with Gasteiger partial charge < -0.3 is 4.74 Å². The highest BCUT2D eigenvalue weighted by Gasteiger charge is 2.22. The third kappa shape index (κ3) is 4.87. The van der Waals surface area contributed by atoms with Crippen molar-refractivity contribution in [3.05, 3.63) is 46.0 Å². The predicted octanol–water partition coefficient (Wildman–Crippen LogP) is 3.62. The van der Waals surface area contributed by atoms with E-state index in [1.807, 2.05) is 31.4 Å². The van der Waals surface area contributed by atoms with Gasteiger partial charge in [0.2, 0.25) is 0 Å². The molecule has 6 heteroatoms. The fourth-order valence-electron chi connectivity index (χ4n) is 3.35. The van der Waals surface area contributed by atoms with Gasteiger partial charge in [-0.2, -0.15) is 0 Å². The molecule has 0 aliphatic carbocycles. The van der Waals surface area contributed by atoms with E-state index in [0.717, 1.165) is 36.5 Å². The minimum absolute atomic E-state index is 0.110. The van der Waals surface area contributed by atoms with Gasteiger partial charge in [-0.1, -0.05) is 17.2 Å². The molecular weight excluding hydrogens is 334 g/mol. The van der Waals surface area contributed by atoms with Crippen LogP contribution >= 0.6 is 11.3 Å². The Kier molecular flexibility index (Phi) is 5.51. The zero-order chi connectivity index (χ0) is 18.0. The molecule has 1 fully saturated rings. The molecule has 25 heavy (non-hydrogen) atoms. The van der Waals surface area contributed by atoms with Crippen molar-refractivity contribution in [2.24, 2.45) is 0 Å². The number of hydrogen-bond donors (Lipinski definition) is 1. The maximum atomic E-state index is 12.4. The number of benzene rings is 1. The molecule has 2 atom stereocenters. The van der Waals surface area contributed by atoms with E-state index in [9.17, 15) is 4.79 Å². The van der Waals surface area contributed by atoms with Gasteiger partial charge in [-0.15, -0.1) is 11.3 Å². The second kappa shape index (κ2) is 7.64. The Morgan fingerprint density at radius 2 is 1.88 bits per heavy atom. The Labute approximate surface area is 153 Å². The molecule has 0 saturated carbocycles. The zero-order valence-electron chi connectivity index (χ0n) is 15.2. The maximum Gasteiger partial charge on any atom is 0.257 e. The summed E-state index contributed by atoms with van der Waals surface area (Å²) in [5.41, 5.74) is 3.83. The van der Waals surface area contributed by atoms with Crippen LogP contribution in [0.2, 0.25) is 0 Å². The van der Waals surface area contributed by atoms with E-state index in [-0.39, 0.29) is 18.1 Å². The summed E-state index contributed by atoms with van der Waals surface area (Å²) < 4.78 is 5.76. The summed E-state index contributed by atoms with van der Waals surface area (Å²) >= 11 is 1.47. The summed E-state index contributed by atoms with van der Waals surface area (Å²) in [6.07, 6.45) is 0.484. The maximum absolute atomic E-state index is 12.4. The molecule has 1 saturated heterocycles. The number of aromatic nitrogens is 1. The molecule has 1 aliphatic rings. The smallest absolute Gasteiger partial charge is 0.257 e. The van der Waals surface area contributed by atoms with Crippen LogP contribution in [0.25, 0.3) is 0 Å². The summed E-state index contributed by atoms with van der Waals surface area (Å²) in [5, 5.41) is 5.58. The summed E-state index contributed by atoms with van der Waals surface area (Å²) in [4.78, 5) is 19.4. The van der Waals surface area contributed by atoms with Crippen molar-refractivity contribution in [2.75, 3.05) is 18.4 Å². The Bertz CT molecular complexity index is 729. The van der Waals surface area contributed by atoms with Gasteiger partial charge in [0.15, 0.2) is 5.13 Å². The van der Waals surface area contributed by atoms with Crippen LogP contribution in [0, 0.1) is 13.8 Å². The second-order valence-corrected chi connectivity index (χ2v) is 7.78. The van der Waals surface area contributed by atoms with Crippen molar-refractivity contribution >= 4 is 22.4 Å². The van der Waals surface area contributed by atoms with E-state index in [1.54, 1.807) is 0 Å². The van der Waals surface area contributed by atoms with Crippen molar-refractivity contribution in [3.63, 3.8) is 0 Å². The number of rotatable bonds is 4. The van der Waals surface area contributed by atoms with Gasteiger partial charge in [-0.3, -0.25) is 15.0 Å². The molecule has 0 radical (unpaired) electrons. The number of hydrogen-bond acceptors (Lipinski definition) is 5. The van der Waals surface area contributed by atoms with Crippen LogP contribution in [0.15, 0.2) is 23.6 Å². The number of aryl methyl sites for hydroxylation is 2. The molecule has 0 unspecified atom stereocenters. The Morgan fingerprint density at radius 1 is 1.24 bits per heavy atom. The third-order valence-electron chi connectivity index (χ3n) is 4.14. The first-order chi connectivity index (χ1) is 11.9. The number of nitrogens with one attached hydrogen (secondary N) is 1. The van der Waals surface area contributed by atoms with Crippen LogP contribution in [0.5, 0.6) is 0 Å². The van der Waals surface area contributed by atoms with Crippen LogP contribution in [0.1, 0.15) is 41.0 Å². The van der Waals surface area contributed by atoms with Crippen molar-refractivity contribution in [1.82, 2.24) is 9.88 Å². The SMILES string of the molecule is Cc1cc(C)cc(C(=O)Nc2nc(CN3C[C@@H](C)O[C@@H](C)C3)cs2)c1. The lowest BCUT2D eigenvalue weighted by atomic mass is 10.1. The monoisotopic (exact) mass is 359 g/mol. The minimum atomic E-state index is -0.110. The fourth-order valence-corrected chi connectivity index (χ4v) is 4.05. The molecule has 1 aromatic carbocycles. The first kappa shape index (κ1) is 18.0. The third-order valence-corrected chi connectivity index (χ3v) is 4.94. The number of carbonyl (C=O) groups is 1. The van der Waals surface area contributed by atoms with E-state index in [0.29, 0.717) is 10.7 Å². The van der Waals surface area contributed by atoms with Crippen LogP contribution in [0.3, 0.4) is 0 Å². The highest BCUT2D eigenvalue weighted by molar-refractivity contribution is 7.13. The number of nitrogens with zero attached hydrogens (tertiary/aromatic N) is 2. The van der Waals surface area contributed by atoms with Crippen LogP contribution in [-0.2, 0) is 11.3 Å². The average molecular weight is 359 g/mol. The lowest BCUT2D eigenvalue weighted by Gasteiger charge is -2.34. The van der Waals surface area contributed by atoms with Crippen molar-refractivity contribution in [3.8, 4) is 0 Å².